The van der Waals surface area contributed by atoms with Crippen LogP contribution in [0.2, 0.25) is 4.34 Å². The van der Waals surface area contributed by atoms with Gasteiger partial charge in [-0.3, -0.25) is 0 Å². The molecule has 3 fully saturated rings. The summed E-state index contributed by atoms with van der Waals surface area (Å²) in [4.78, 5) is 0. The first-order valence-corrected chi connectivity index (χ1v) is 11.2. The molecule has 2 aromatic rings. The van der Waals surface area contributed by atoms with Crippen molar-refractivity contribution in [3.63, 3.8) is 0 Å². The van der Waals surface area contributed by atoms with E-state index >= 15 is 4.39 Å². The molecule has 2 saturated heterocycles. The molecule has 1 aromatic heterocycles. The molecule has 0 spiro atoms. The van der Waals surface area contributed by atoms with E-state index in [2.05, 4.69) is 10.0 Å². The van der Waals surface area contributed by atoms with Gasteiger partial charge in [0.25, 0.3) is 0 Å². The van der Waals surface area contributed by atoms with Crippen LogP contribution >= 0.6 is 22.9 Å². The molecule has 1 aromatic carbocycles. The van der Waals surface area contributed by atoms with Crippen molar-refractivity contribution in [2.45, 2.75) is 37.4 Å². The highest BCUT2D eigenvalue weighted by molar-refractivity contribution is 7.88. The van der Waals surface area contributed by atoms with E-state index < -0.39 is 11.4 Å². The van der Waals surface area contributed by atoms with Crippen molar-refractivity contribution in [3.05, 3.63) is 45.4 Å². The summed E-state index contributed by atoms with van der Waals surface area (Å²) in [6.07, 6.45) is 4.46. The highest BCUT2D eigenvalue weighted by Crippen LogP contribution is 2.39. The van der Waals surface area contributed by atoms with E-state index in [4.69, 9.17) is 11.6 Å². The van der Waals surface area contributed by atoms with Gasteiger partial charge in [-0.1, -0.05) is 29.8 Å². The maximum Gasteiger partial charge on any atom is 0.134 e. The van der Waals surface area contributed by atoms with E-state index in [0.29, 0.717) is 33.8 Å². The number of hydrogen-bond acceptors (Lipinski definition) is 4. The lowest BCUT2D eigenvalue weighted by Crippen LogP contribution is -2.67. The molecular formula is C18H20ClFN2OS2. The Labute approximate surface area is 159 Å². The van der Waals surface area contributed by atoms with Crippen molar-refractivity contribution in [2.75, 3.05) is 6.26 Å². The number of rotatable bonds is 5. The Balaban J connectivity index is 1.58. The first kappa shape index (κ1) is 17.8. The number of nitrogens with one attached hydrogen (secondary N) is 2. The highest BCUT2D eigenvalue weighted by atomic mass is 35.5. The fourth-order valence-electron chi connectivity index (χ4n) is 4.03. The van der Waals surface area contributed by atoms with E-state index in [1.807, 2.05) is 17.5 Å². The van der Waals surface area contributed by atoms with Crippen molar-refractivity contribution in [1.82, 2.24) is 10.0 Å². The molecule has 7 heteroatoms. The quantitative estimate of drug-likeness (QED) is 0.754. The van der Waals surface area contributed by atoms with Crippen LogP contribution in [-0.4, -0.2) is 28.9 Å². The van der Waals surface area contributed by atoms with Crippen LogP contribution in [0.3, 0.4) is 0 Å². The Kier molecular flexibility index (Phi) is 5.10. The zero-order valence-electron chi connectivity index (χ0n) is 13.8. The van der Waals surface area contributed by atoms with E-state index in [1.165, 1.54) is 11.3 Å². The Hall–Kier alpha value is -0.630. The fourth-order valence-corrected chi connectivity index (χ4v) is 5.65. The summed E-state index contributed by atoms with van der Waals surface area (Å²) in [5.74, 6) is 0.344. The number of thiophene rings is 1. The van der Waals surface area contributed by atoms with Gasteiger partial charge in [-0.2, -0.15) is 0 Å². The summed E-state index contributed by atoms with van der Waals surface area (Å²) in [5.41, 5.74) is 2.09. The molecule has 2 bridgehead atoms. The van der Waals surface area contributed by atoms with Crippen LogP contribution in [0, 0.1) is 11.7 Å². The van der Waals surface area contributed by atoms with Gasteiger partial charge >= 0.3 is 0 Å². The minimum Gasteiger partial charge on any atom is -0.598 e. The topological polar surface area (TPSA) is 47.1 Å². The molecule has 1 saturated carbocycles. The molecule has 5 rings (SSSR count). The summed E-state index contributed by atoms with van der Waals surface area (Å²) in [7, 11) is 0. The van der Waals surface area contributed by atoms with E-state index in [-0.39, 0.29) is 17.9 Å². The standard InChI is InChI=1S/C18H20ClFN2OS2/c1-25(23)22-18-11-5-13(6-11)21-15(18)7-10-3-2-4-14(17(10)20)12-8-16(19)24-9-12/h2-4,8-9,11,13,15,18,21-22H,5-7H2,1H3/t11?,13?,15-,18-,25?/m0/s1. The van der Waals surface area contributed by atoms with Gasteiger partial charge in [-0.15, -0.1) is 16.1 Å². The summed E-state index contributed by atoms with van der Waals surface area (Å²) < 4.78 is 30.6. The van der Waals surface area contributed by atoms with Crippen LogP contribution in [0.25, 0.3) is 11.1 Å². The van der Waals surface area contributed by atoms with Crippen LogP contribution in [0.5, 0.6) is 0 Å². The van der Waals surface area contributed by atoms with E-state index in [1.54, 1.807) is 18.4 Å². The average Bonchev–Trinajstić information content (AvgIpc) is 2.95. The lowest BCUT2D eigenvalue weighted by molar-refractivity contribution is 0.0809. The Bertz CT molecular complexity index is 763. The monoisotopic (exact) mass is 398 g/mol. The third-order valence-corrected chi connectivity index (χ3v) is 6.96. The van der Waals surface area contributed by atoms with Crippen molar-refractivity contribution in [3.8, 4) is 11.1 Å². The molecule has 3 nitrogen and oxygen atoms in total. The lowest BCUT2D eigenvalue weighted by atomic mass is 9.68. The molecule has 25 heavy (non-hydrogen) atoms. The second-order valence-electron chi connectivity index (χ2n) is 6.92. The molecule has 1 unspecified atom stereocenters. The van der Waals surface area contributed by atoms with Gasteiger partial charge in [0.2, 0.25) is 0 Å². The van der Waals surface area contributed by atoms with Crippen molar-refractivity contribution < 1.29 is 8.94 Å². The van der Waals surface area contributed by atoms with Gasteiger partial charge < -0.3 is 9.87 Å². The van der Waals surface area contributed by atoms with Gasteiger partial charge in [-0.05, 0) is 42.4 Å². The SMILES string of the molecule is C[S+]([O-])N[C@H]1C2CC(C2)N[C@H]1Cc1cccc(-c2csc(Cl)c2)c1F. The summed E-state index contributed by atoms with van der Waals surface area (Å²) in [6, 6.07) is 8.05. The first-order valence-electron chi connectivity index (χ1n) is 8.38. The third kappa shape index (κ3) is 3.61. The van der Waals surface area contributed by atoms with Gasteiger partial charge in [-0.25, -0.2) is 4.39 Å². The van der Waals surface area contributed by atoms with Gasteiger partial charge in [0.05, 0.1) is 10.4 Å². The molecule has 3 atom stereocenters. The molecule has 3 heterocycles. The Morgan fingerprint density at radius 2 is 2.24 bits per heavy atom. The number of hydrogen-bond donors (Lipinski definition) is 2. The smallest absolute Gasteiger partial charge is 0.134 e. The van der Waals surface area contributed by atoms with Crippen molar-refractivity contribution in [1.29, 1.82) is 0 Å². The van der Waals surface area contributed by atoms with Crippen molar-refractivity contribution >= 4 is 34.3 Å². The molecule has 2 N–H and O–H groups in total. The zero-order chi connectivity index (χ0) is 17.6. The molecule has 0 amide bonds. The molecule has 2 aliphatic heterocycles. The second-order valence-corrected chi connectivity index (χ2v) is 9.61. The highest BCUT2D eigenvalue weighted by Gasteiger charge is 2.47. The number of fused-ring (bicyclic) bond motifs is 2. The number of halogens is 2. The zero-order valence-corrected chi connectivity index (χ0v) is 16.2. The summed E-state index contributed by atoms with van der Waals surface area (Å²) in [6.45, 7) is 0. The minimum absolute atomic E-state index is 0.0946. The molecule has 0 radical (unpaired) electrons. The normalized spacial score (nSPS) is 29.3. The van der Waals surface area contributed by atoms with Crippen LogP contribution in [0.15, 0.2) is 29.6 Å². The maximum atomic E-state index is 15.1. The van der Waals surface area contributed by atoms with Crippen LogP contribution in [0.4, 0.5) is 4.39 Å². The maximum absolute atomic E-state index is 15.1. The molecule has 1 aliphatic carbocycles. The minimum atomic E-state index is -1.07. The Morgan fingerprint density at radius 1 is 1.44 bits per heavy atom. The van der Waals surface area contributed by atoms with Crippen LogP contribution in [0.1, 0.15) is 18.4 Å². The number of benzene rings is 1. The Morgan fingerprint density at radius 3 is 2.92 bits per heavy atom. The molecular weight excluding hydrogens is 379 g/mol. The summed E-state index contributed by atoms with van der Waals surface area (Å²) in [5, 5.41) is 5.47. The fraction of sp³-hybridized carbons (Fsp3) is 0.444. The van der Waals surface area contributed by atoms with Crippen LogP contribution < -0.4 is 10.0 Å². The lowest BCUT2D eigenvalue weighted by Gasteiger charge is -2.51. The van der Waals surface area contributed by atoms with Gasteiger partial charge in [0.15, 0.2) is 0 Å². The van der Waals surface area contributed by atoms with E-state index in [9.17, 15) is 4.55 Å². The average molecular weight is 399 g/mol. The van der Waals surface area contributed by atoms with E-state index in [0.717, 1.165) is 18.4 Å². The predicted molar refractivity (Wildman–Crippen MR) is 103 cm³/mol. The predicted octanol–water partition coefficient (Wildman–Crippen LogP) is 3.75. The molecule has 134 valence electrons. The van der Waals surface area contributed by atoms with Crippen LogP contribution in [-0.2, 0) is 17.8 Å². The largest absolute Gasteiger partial charge is 0.598 e. The molecule has 3 aliphatic rings. The van der Waals surface area contributed by atoms with Gasteiger partial charge in [0.1, 0.15) is 12.1 Å². The second kappa shape index (κ2) is 7.18. The first-order chi connectivity index (χ1) is 12.0. The summed E-state index contributed by atoms with van der Waals surface area (Å²) >= 11 is 6.33. The van der Waals surface area contributed by atoms with Crippen molar-refractivity contribution in [2.24, 2.45) is 5.92 Å². The third-order valence-electron chi connectivity index (χ3n) is 5.26. The van der Waals surface area contributed by atoms with Gasteiger partial charge in [0, 0.05) is 34.4 Å². The number of piperidine rings is 2.